The summed E-state index contributed by atoms with van der Waals surface area (Å²) in [4.78, 5) is 11.8. The number of carbonyl (C=O) groups is 1. The molecule has 0 aliphatic carbocycles. The SMILES string of the molecule is C=C/C=C(/C=C/C(=O)NCc1ccc(NS(=O)(=O)C=C)cc1)C(N)C(F)(F)F. The Morgan fingerprint density at radius 2 is 1.79 bits per heavy atom. The average molecular weight is 415 g/mol. The molecule has 0 heterocycles. The molecule has 28 heavy (non-hydrogen) atoms. The van der Waals surface area contributed by atoms with Gasteiger partial charge in [-0.15, -0.1) is 0 Å². The van der Waals surface area contributed by atoms with Gasteiger partial charge in [0.15, 0.2) is 0 Å². The lowest BCUT2D eigenvalue weighted by atomic mass is 10.1. The summed E-state index contributed by atoms with van der Waals surface area (Å²) in [6.07, 6.45) is -0.517. The molecule has 6 nitrogen and oxygen atoms in total. The third kappa shape index (κ3) is 7.80. The predicted octanol–water partition coefficient (Wildman–Crippen LogP) is 2.75. The number of amides is 1. The minimum absolute atomic E-state index is 0.0868. The van der Waals surface area contributed by atoms with Gasteiger partial charge in [0, 0.05) is 23.7 Å². The van der Waals surface area contributed by atoms with Crippen LogP contribution in [-0.4, -0.2) is 26.5 Å². The van der Waals surface area contributed by atoms with Gasteiger partial charge in [-0.05, 0) is 23.3 Å². The summed E-state index contributed by atoms with van der Waals surface area (Å²) in [5.41, 5.74) is 5.78. The molecule has 1 aromatic carbocycles. The smallest absolute Gasteiger partial charge is 0.348 e. The summed E-state index contributed by atoms with van der Waals surface area (Å²) in [6.45, 7) is 6.58. The Morgan fingerprint density at radius 1 is 1.18 bits per heavy atom. The number of allylic oxidation sites excluding steroid dienone is 2. The van der Waals surface area contributed by atoms with Crippen LogP contribution in [0, 0.1) is 0 Å². The van der Waals surface area contributed by atoms with Crippen molar-refractivity contribution < 1.29 is 26.4 Å². The number of halogens is 3. The molecular weight excluding hydrogens is 395 g/mol. The number of hydrogen-bond donors (Lipinski definition) is 3. The first-order chi connectivity index (χ1) is 13.0. The topological polar surface area (TPSA) is 101 Å². The molecule has 0 aliphatic heterocycles. The van der Waals surface area contributed by atoms with Crippen LogP contribution in [0.2, 0.25) is 0 Å². The third-order valence-corrected chi connectivity index (χ3v) is 4.31. The fraction of sp³-hybridized carbons (Fsp3) is 0.167. The number of nitrogens with one attached hydrogen (secondary N) is 2. The van der Waals surface area contributed by atoms with E-state index in [-0.39, 0.29) is 12.1 Å². The fourth-order valence-electron chi connectivity index (χ4n) is 1.90. The first-order valence-corrected chi connectivity index (χ1v) is 9.38. The van der Waals surface area contributed by atoms with Crippen molar-refractivity contribution in [3.63, 3.8) is 0 Å². The summed E-state index contributed by atoms with van der Waals surface area (Å²) in [7, 11) is -3.62. The molecule has 0 radical (unpaired) electrons. The van der Waals surface area contributed by atoms with Crippen molar-refractivity contribution in [2.75, 3.05) is 4.72 Å². The zero-order valence-electron chi connectivity index (χ0n) is 14.7. The summed E-state index contributed by atoms with van der Waals surface area (Å²) < 4.78 is 63.1. The summed E-state index contributed by atoms with van der Waals surface area (Å²) in [6, 6.07) is 3.90. The van der Waals surface area contributed by atoms with Crippen LogP contribution >= 0.6 is 0 Å². The van der Waals surface area contributed by atoms with Crippen LogP contribution in [0.1, 0.15) is 5.56 Å². The first kappa shape index (κ1) is 23.2. The van der Waals surface area contributed by atoms with E-state index < -0.39 is 28.1 Å². The van der Waals surface area contributed by atoms with Crippen molar-refractivity contribution in [2.24, 2.45) is 5.73 Å². The van der Waals surface area contributed by atoms with Crippen molar-refractivity contribution in [3.05, 3.63) is 78.3 Å². The number of sulfonamides is 1. The number of alkyl halides is 3. The molecule has 0 aliphatic rings. The van der Waals surface area contributed by atoms with Gasteiger partial charge in [-0.25, -0.2) is 8.42 Å². The molecule has 0 saturated heterocycles. The van der Waals surface area contributed by atoms with Gasteiger partial charge in [0.05, 0.1) is 0 Å². The molecule has 4 N–H and O–H groups in total. The largest absolute Gasteiger partial charge is 0.407 e. The Balaban J connectivity index is 2.69. The van der Waals surface area contributed by atoms with E-state index in [1.807, 2.05) is 0 Å². The van der Waals surface area contributed by atoms with Gasteiger partial charge in [0.2, 0.25) is 5.91 Å². The molecule has 10 heteroatoms. The van der Waals surface area contributed by atoms with Crippen LogP contribution in [0.5, 0.6) is 0 Å². The molecule has 152 valence electrons. The lowest BCUT2D eigenvalue weighted by Gasteiger charge is -2.16. The van der Waals surface area contributed by atoms with Gasteiger partial charge in [-0.1, -0.05) is 43.5 Å². The number of nitrogens with two attached hydrogens (primary N) is 1. The Hall–Kier alpha value is -2.85. The molecule has 1 rings (SSSR count). The minimum Gasteiger partial charge on any atom is -0.348 e. The highest BCUT2D eigenvalue weighted by atomic mass is 32.2. The zero-order chi connectivity index (χ0) is 21.4. The van der Waals surface area contributed by atoms with Crippen molar-refractivity contribution in [2.45, 2.75) is 18.8 Å². The second-order valence-corrected chi connectivity index (χ2v) is 7.11. The molecule has 1 amide bonds. The van der Waals surface area contributed by atoms with Crippen molar-refractivity contribution in [1.82, 2.24) is 5.32 Å². The Bertz CT molecular complexity index is 874. The summed E-state index contributed by atoms with van der Waals surface area (Å²) in [5.74, 6) is -0.624. The van der Waals surface area contributed by atoms with Crippen LogP contribution in [0.4, 0.5) is 18.9 Å². The maximum atomic E-state index is 12.7. The van der Waals surface area contributed by atoms with Crippen LogP contribution < -0.4 is 15.8 Å². The second kappa shape index (κ2) is 9.90. The summed E-state index contributed by atoms with van der Waals surface area (Å²) in [5, 5.41) is 3.27. The summed E-state index contributed by atoms with van der Waals surface area (Å²) >= 11 is 0. The Kier molecular flexibility index (Phi) is 8.20. The van der Waals surface area contributed by atoms with Gasteiger partial charge in [-0.3, -0.25) is 9.52 Å². The average Bonchev–Trinajstić information content (AvgIpc) is 2.63. The van der Waals surface area contributed by atoms with Crippen LogP contribution in [0.3, 0.4) is 0 Å². The number of carbonyl (C=O) groups excluding carboxylic acids is 1. The first-order valence-electron chi connectivity index (χ1n) is 7.83. The Morgan fingerprint density at radius 3 is 2.29 bits per heavy atom. The van der Waals surface area contributed by atoms with Gasteiger partial charge in [0.1, 0.15) is 6.04 Å². The predicted molar refractivity (Wildman–Crippen MR) is 102 cm³/mol. The second-order valence-electron chi connectivity index (χ2n) is 5.48. The minimum atomic E-state index is -4.65. The molecule has 0 bridgehead atoms. The van der Waals surface area contributed by atoms with Crippen LogP contribution in [-0.2, 0) is 21.4 Å². The lowest BCUT2D eigenvalue weighted by molar-refractivity contribution is -0.138. The molecule has 0 spiro atoms. The highest BCUT2D eigenvalue weighted by Gasteiger charge is 2.38. The standard InChI is InChI=1S/C18H20F3N3O3S/c1-3-5-14(17(22)18(19,20)21)8-11-16(25)23-12-13-6-9-15(10-7-13)24-28(26,27)4-2/h3-11,17,24H,1-2,12,22H2,(H,23,25)/b11-8+,14-5-. The van der Waals surface area contributed by atoms with Gasteiger partial charge in [0.25, 0.3) is 10.0 Å². The fourth-order valence-corrected chi connectivity index (χ4v) is 2.45. The van der Waals surface area contributed by atoms with E-state index in [2.05, 4.69) is 23.2 Å². The third-order valence-electron chi connectivity index (χ3n) is 3.35. The molecule has 1 atom stereocenters. The van der Waals surface area contributed by atoms with Crippen LogP contribution in [0.15, 0.2) is 72.7 Å². The highest BCUT2D eigenvalue weighted by Crippen LogP contribution is 2.24. The van der Waals surface area contributed by atoms with Crippen molar-refractivity contribution in [3.8, 4) is 0 Å². The van der Waals surface area contributed by atoms with Crippen molar-refractivity contribution in [1.29, 1.82) is 0 Å². The van der Waals surface area contributed by atoms with E-state index in [0.29, 0.717) is 11.3 Å². The number of hydrogen-bond acceptors (Lipinski definition) is 4. The van der Waals surface area contributed by atoms with Gasteiger partial charge < -0.3 is 11.1 Å². The van der Waals surface area contributed by atoms with Gasteiger partial charge in [-0.2, -0.15) is 13.2 Å². The number of anilines is 1. The molecule has 0 aromatic heterocycles. The molecule has 1 unspecified atom stereocenters. The number of benzene rings is 1. The Labute approximate surface area is 161 Å². The van der Waals surface area contributed by atoms with E-state index in [1.165, 1.54) is 12.1 Å². The maximum absolute atomic E-state index is 12.7. The normalized spacial score (nSPS) is 13.8. The van der Waals surface area contributed by atoms with E-state index >= 15 is 0 Å². The molecule has 0 saturated carbocycles. The lowest BCUT2D eigenvalue weighted by Crippen LogP contribution is -2.38. The van der Waals surface area contributed by atoms with Crippen LogP contribution in [0.25, 0.3) is 0 Å². The van der Waals surface area contributed by atoms with Gasteiger partial charge >= 0.3 is 6.18 Å². The zero-order valence-corrected chi connectivity index (χ0v) is 15.6. The monoisotopic (exact) mass is 415 g/mol. The maximum Gasteiger partial charge on any atom is 0.407 e. The number of rotatable bonds is 9. The van der Waals surface area contributed by atoms with E-state index in [9.17, 15) is 26.4 Å². The highest BCUT2D eigenvalue weighted by molar-refractivity contribution is 7.95. The molecular formula is C18H20F3N3O3S. The quantitative estimate of drug-likeness (QED) is 0.426. The van der Waals surface area contributed by atoms with E-state index in [4.69, 9.17) is 5.73 Å². The van der Waals surface area contributed by atoms with E-state index in [1.54, 1.807) is 12.1 Å². The molecule has 0 fully saturated rings. The van der Waals surface area contributed by atoms with Crippen molar-refractivity contribution >= 4 is 21.6 Å². The molecule has 1 aromatic rings. The van der Waals surface area contributed by atoms with E-state index in [0.717, 1.165) is 29.7 Å².